The van der Waals surface area contributed by atoms with Gasteiger partial charge >= 0.3 is 5.69 Å². The highest BCUT2D eigenvalue weighted by Gasteiger charge is 2.20. The second kappa shape index (κ2) is 5.50. The number of nitro benzene ring substituents is 1. The smallest absolute Gasteiger partial charge is 0.314 e. The maximum absolute atomic E-state index is 11.1. The van der Waals surface area contributed by atoms with Crippen molar-refractivity contribution in [3.8, 4) is 0 Å². The summed E-state index contributed by atoms with van der Waals surface area (Å²) in [6, 6.07) is 7.02. The third kappa shape index (κ3) is 2.75. The largest absolute Gasteiger partial charge is 0.393 e. The number of rotatable bonds is 4. The summed E-state index contributed by atoms with van der Waals surface area (Å²) in [6.45, 7) is 6.09. The summed E-state index contributed by atoms with van der Waals surface area (Å²) >= 11 is 1.72. The normalized spacial score (nSPS) is 12.2. The van der Waals surface area contributed by atoms with Gasteiger partial charge in [-0.05, 0) is 44.5 Å². The van der Waals surface area contributed by atoms with E-state index in [0.717, 1.165) is 5.56 Å². The predicted octanol–water partition coefficient (Wildman–Crippen LogP) is 4.03. The van der Waals surface area contributed by atoms with Crippen LogP contribution in [0.1, 0.15) is 28.3 Å². The van der Waals surface area contributed by atoms with Gasteiger partial charge in [-0.3, -0.25) is 10.1 Å². The van der Waals surface area contributed by atoms with Gasteiger partial charge in [-0.25, -0.2) is 0 Å². The first-order valence-electron chi connectivity index (χ1n) is 6.26. The van der Waals surface area contributed by atoms with E-state index in [1.54, 1.807) is 23.5 Å². The Morgan fingerprint density at radius 2 is 2.10 bits per heavy atom. The summed E-state index contributed by atoms with van der Waals surface area (Å²) in [5.74, 6) is 0. The molecule has 0 aliphatic rings. The minimum absolute atomic E-state index is 0.0135. The number of hydrogen-bond acceptors (Lipinski definition) is 5. The van der Waals surface area contributed by atoms with Gasteiger partial charge in [0.05, 0.1) is 4.92 Å². The Kier molecular flexibility index (Phi) is 3.94. The molecule has 1 aromatic heterocycles. The summed E-state index contributed by atoms with van der Waals surface area (Å²) in [5, 5.41) is 14.3. The summed E-state index contributed by atoms with van der Waals surface area (Å²) in [5.41, 5.74) is 7.40. The number of nitrogens with two attached hydrogens (primary N) is 1. The van der Waals surface area contributed by atoms with Crippen LogP contribution in [0.25, 0.3) is 0 Å². The zero-order valence-corrected chi connectivity index (χ0v) is 12.5. The third-order valence-electron chi connectivity index (χ3n) is 3.17. The average Bonchev–Trinajstić information content (AvgIpc) is 2.68. The summed E-state index contributed by atoms with van der Waals surface area (Å²) in [6.07, 6.45) is 0. The molecule has 2 aromatic rings. The number of hydrogen-bond donors (Lipinski definition) is 2. The van der Waals surface area contributed by atoms with Gasteiger partial charge in [-0.15, -0.1) is 11.3 Å². The standard InChI is InChI=1S/C14H17N3O2S/c1-8-7-11(10(3)20-8)9(2)16-13-6-4-5-12(15)14(13)17(18)19/h4-7,9,16H,15H2,1-3H3. The van der Waals surface area contributed by atoms with E-state index in [4.69, 9.17) is 5.73 Å². The molecule has 0 saturated heterocycles. The topological polar surface area (TPSA) is 81.2 Å². The van der Waals surface area contributed by atoms with E-state index in [1.165, 1.54) is 15.8 Å². The average molecular weight is 291 g/mol. The van der Waals surface area contributed by atoms with Crippen molar-refractivity contribution in [1.29, 1.82) is 0 Å². The lowest BCUT2D eigenvalue weighted by molar-refractivity contribution is -0.383. The molecule has 20 heavy (non-hydrogen) atoms. The maximum Gasteiger partial charge on any atom is 0.314 e. The highest BCUT2D eigenvalue weighted by Crippen LogP contribution is 2.34. The zero-order chi connectivity index (χ0) is 14.9. The minimum atomic E-state index is -0.448. The monoisotopic (exact) mass is 291 g/mol. The Balaban J connectivity index is 2.33. The van der Waals surface area contributed by atoms with E-state index in [0.29, 0.717) is 5.69 Å². The molecule has 2 rings (SSSR count). The van der Waals surface area contributed by atoms with Crippen LogP contribution in [0.3, 0.4) is 0 Å². The number of benzene rings is 1. The second-order valence-corrected chi connectivity index (χ2v) is 6.20. The fraction of sp³-hybridized carbons (Fsp3) is 0.286. The molecular weight excluding hydrogens is 274 g/mol. The van der Waals surface area contributed by atoms with Gasteiger partial charge in [-0.2, -0.15) is 0 Å². The first-order chi connectivity index (χ1) is 9.40. The van der Waals surface area contributed by atoms with Crippen molar-refractivity contribution in [3.05, 3.63) is 49.7 Å². The fourth-order valence-electron chi connectivity index (χ4n) is 2.27. The fourth-order valence-corrected chi connectivity index (χ4v) is 3.30. The number of nitrogen functional groups attached to an aromatic ring is 1. The van der Waals surface area contributed by atoms with Crippen LogP contribution in [0.4, 0.5) is 17.1 Å². The maximum atomic E-state index is 11.1. The highest BCUT2D eigenvalue weighted by atomic mass is 32.1. The van der Waals surface area contributed by atoms with Crippen LogP contribution in [-0.4, -0.2) is 4.92 Å². The Morgan fingerprint density at radius 1 is 1.40 bits per heavy atom. The molecule has 1 aromatic carbocycles. The number of nitrogens with one attached hydrogen (secondary N) is 1. The lowest BCUT2D eigenvalue weighted by Gasteiger charge is -2.16. The van der Waals surface area contributed by atoms with Gasteiger partial charge in [-0.1, -0.05) is 6.07 Å². The Bertz CT molecular complexity index is 652. The van der Waals surface area contributed by atoms with Crippen molar-refractivity contribution in [1.82, 2.24) is 0 Å². The number of thiophene rings is 1. The van der Waals surface area contributed by atoms with Gasteiger partial charge in [0.2, 0.25) is 0 Å². The summed E-state index contributed by atoms with van der Waals surface area (Å²) in [7, 11) is 0. The van der Waals surface area contributed by atoms with Crippen molar-refractivity contribution in [2.24, 2.45) is 0 Å². The van der Waals surface area contributed by atoms with Gasteiger partial charge in [0.25, 0.3) is 0 Å². The van der Waals surface area contributed by atoms with Crippen molar-refractivity contribution in [2.45, 2.75) is 26.8 Å². The van der Waals surface area contributed by atoms with Crippen LogP contribution in [0.2, 0.25) is 0 Å². The number of para-hydroxylation sites is 1. The Labute approximate surface area is 121 Å². The summed E-state index contributed by atoms with van der Waals surface area (Å²) < 4.78 is 0. The van der Waals surface area contributed by atoms with Crippen LogP contribution in [-0.2, 0) is 0 Å². The number of nitrogens with zero attached hydrogens (tertiary/aromatic N) is 1. The number of nitro groups is 1. The van der Waals surface area contributed by atoms with Gasteiger partial charge in [0.1, 0.15) is 11.4 Å². The van der Waals surface area contributed by atoms with E-state index in [9.17, 15) is 10.1 Å². The molecule has 6 heteroatoms. The predicted molar refractivity (Wildman–Crippen MR) is 83.3 cm³/mol. The van der Waals surface area contributed by atoms with E-state index in [-0.39, 0.29) is 17.4 Å². The van der Waals surface area contributed by atoms with Crippen molar-refractivity contribution < 1.29 is 4.92 Å². The summed E-state index contributed by atoms with van der Waals surface area (Å²) in [4.78, 5) is 13.1. The minimum Gasteiger partial charge on any atom is -0.393 e. The zero-order valence-electron chi connectivity index (χ0n) is 11.6. The van der Waals surface area contributed by atoms with Crippen LogP contribution in [0.5, 0.6) is 0 Å². The lowest BCUT2D eigenvalue weighted by atomic mass is 10.1. The quantitative estimate of drug-likeness (QED) is 0.506. The molecule has 5 nitrogen and oxygen atoms in total. The molecule has 1 heterocycles. The van der Waals surface area contributed by atoms with Crippen molar-refractivity contribution in [2.75, 3.05) is 11.1 Å². The van der Waals surface area contributed by atoms with E-state index >= 15 is 0 Å². The molecule has 3 N–H and O–H groups in total. The molecular formula is C14H17N3O2S. The van der Waals surface area contributed by atoms with E-state index in [1.807, 2.05) is 6.92 Å². The number of anilines is 2. The second-order valence-electron chi connectivity index (χ2n) is 4.74. The van der Waals surface area contributed by atoms with Gasteiger partial charge < -0.3 is 11.1 Å². The van der Waals surface area contributed by atoms with Crippen molar-refractivity contribution in [3.63, 3.8) is 0 Å². The highest BCUT2D eigenvalue weighted by molar-refractivity contribution is 7.12. The molecule has 0 bridgehead atoms. The molecule has 0 fully saturated rings. The number of aryl methyl sites for hydroxylation is 2. The third-order valence-corrected chi connectivity index (χ3v) is 4.15. The van der Waals surface area contributed by atoms with Crippen LogP contribution >= 0.6 is 11.3 Å². The molecule has 1 atom stereocenters. The molecule has 0 aliphatic carbocycles. The van der Waals surface area contributed by atoms with Crippen LogP contribution < -0.4 is 11.1 Å². The SMILES string of the molecule is Cc1cc(C(C)Nc2cccc(N)c2[N+](=O)[O-])c(C)s1. The van der Waals surface area contributed by atoms with Crippen LogP contribution in [0, 0.1) is 24.0 Å². The van der Waals surface area contributed by atoms with Gasteiger partial charge in [0, 0.05) is 15.8 Å². The first-order valence-corrected chi connectivity index (χ1v) is 7.08. The Morgan fingerprint density at radius 3 is 2.65 bits per heavy atom. The van der Waals surface area contributed by atoms with Crippen LogP contribution in [0.15, 0.2) is 24.3 Å². The van der Waals surface area contributed by atoms with Gasteiger partial charge in [0.15, 0.2) is 0 Å². The molecule has 0 saturated carbocycles. The molecule has 106 valence electrons. The van der Waals surface area contributed by atoms with E-state index < -0.39 is 4.92 Å². The van der Waals surface area contributed by atoms with Crippen molar-refractivity contribution >= 4 is 28.4 Å². The van der Waals surface area contributed by atoms with E-state index in [2.05, 4.69) is 25.2 Å². The lowest BCUT2D eigenvalue weighted by Crippen LogP contribution is -2.09. The molecule has 0 spiro atoms. The molecule has 0 aliphatic heterocycles. The first kappa shape index (κ1) is 14.3. The molecule has 1 unspecified atom stereocenters. The molecule has 0 radical (unpaired) electrons. The Hall–Kier alpha value is -2.08. The molecule has 0 amide bonds.